The second-order valence-electron chi connectivity index (χ2n) is 5.18. The smallest absolute Gasteiger partial charge is 0.148 e. The molecule has 2 rings (SSSR count). The third-order valence-corrected chi connectivity index (χ3v) is 4.33. The predicted molar refractivity (Wildman–Crippen MR) is 82.9 cm³/mol. The van der Waals surface area contributed by atoms with Gasteiger partial charge in [-0.05, 0) is 19.2 Å². The van der Waals surface area contributed by atoms with Crippen molar-refractivity contribution < 1.29 is 9.50 Å². The minimum absolute atomic E-state index is 0.260. The summed E-state index contributed by atoms with van der Waals surface area (Å²) in [4.78, 5) is 5.16. The highest BCUT2D eigenvalue weighted by Gasteiger charge is 2.21. The lowest BCUT2D eigenvalue weighted by molar-refractivity contribution is 0.122. The van der Waals surface area contributed by atoms with E-state index in [0.717, 1.165) is 31.1 Å². The number of nitrogens with two attached hydrogens (primary N) is 1. The molecule has 0 unspecified atom stereocenters. The van der Waals surface area contributed by atoms with E-state index in [-0.39, 0.29) is 11.9 Å². The Morgan fingerprint density at radius 2 is 2.00 bits per heavy atom. The van der Waals surface area contributed by atoms with Crippen LogP contribution in [0.25, 0.3) is 0 Å². The molecule has 1 atom stereocenters. The summed E-state index contributed by atoms with van der Waals surface area (Å²) in [5.74, 6) is -0.260. The maximum absolute atomic E-state index is 14.1. The first-order chi connectivity index (χ1) is 9.51. The lowest BCUT2D eigenvalue weighted by Gasteiger charge is -2.36. The van der Waals surface area contributed by atoms with Gasteiger partial charge in [0.2, 0.25) is 0 Å². The fraction of sp³-hybridized carbons (Fsp3) is 0.571. The van der Waals surface area contributed by atoms with Gasteiger partial charge in [0.05, 0.1) is 11.8 Å². The molecule has 20 heavy (non-hydrogen) atoms. The van der Waals surface area contributed by atoms with E-state index in [9.17, 15) is 9.50 Å². The van der Waals surface area contributed by atoms with Gasteiger partial charge in [-0.1, -0.05) is 0 Å². The van der Waals surface area contributed by atoms with Gasteiger partial charge in [0.25, 0.3) is 0 Å². The Morgan fingerprint density at radius 3 is 2.55 bits per heavy atom. The lowest BCUT2D eigenvalue weighted by atomic mass is 10.2. The molecule has 3 N–H and O–H groups in total. The summed E-state index contributed by atoms with van der Waals surface area (Å²) >= 11 is 1.53. The number of piperazine rings is 1. The molecule has 0 bridgehead atoms. The molecule has 0 aliphatic carbocycles. The molecule has 6 heteroatoms. The van der Waals surface area contributed by atoms with Gasteiger partial charge in [0.1, 0.15) is 5.82 Å². The topological polar surface area (TPSA) is 52.7 Å². The summed E-state index contributed by atoms with van der Waals surface area (Å²) in [7, 11) is 0. The summed E-state index contributed by atoms with van der Waals surface area (Å²) in [6.45, 7) is 5.67. The lowest BCUT2D eigenvalue weighted by Crippen LogP contribution is -2.48. The Bertz CT molecular complexity index is 462. The summed E-state index contributed by atoms with van der Waals surface area (Å²) < 4.78 is 14.1. The number of hydrogen-bond donors (Lipinski definition) is 2. The van der Waals surface area contributed by atoms with Crippen molar-refractivity contribution in [2.24, 2.45) is 0 Å². The van der Waals surface area contributed by atoms with Crippen LogP contribution in [0.3, 0.4) is 0 Å². The Balaban J connectivity index is 2.07. The van der Waals surface area contributed by atoms with Crippen LogP contribution in [0.5, 0.6) is 0 Å². The number of benzene rings is 1. The molecule has 0 saturated carbocycles. The van der Waals surface area contributed by atoms with Crippen molar-refractivity contribution in [3.05, 3.63) is 17.9 Å². The van der Waals surface area contributed by atoms with Gasteiger partial charge in [-0.15, -0.1) is 11.8 Å². The van der Waals surface area contributed by atoms with Crippen LogP contribution in [-0.4, -0.2) is 55.1 Å². The van der Waals surface area contributed by atoms with Crippen LogP contribution in [0, 0.1) is 5.82 Å². The summed E-state index contributed by atoms with van der Waals surface area (Å²) in [6.07, 6.45) is 1.62. The van der Waals surface area contributed by atoms with E-state index in [0.29, 0.717) is 17.9 Å². The molecular formula is C14H22FN3OS. The number of aliphatic hydroxyl groups is 1. The van der Waals surface area contributed by atoms with Gasteiger partial charge in [-0.25, -0.2) is 4.39 Å². The van der Waals surface area contributed by atoms with Crippen LogP contribution in [0.4, 0.5) is 15.8 Å². The second kappa shape index (κ2) is 6.65. The van der Waals surface area contributed by atoms with Gasteiger partial charge in [0, 0.05) is 49.4 Å². The van der Waals surface area contributed by atoms with Crippen LogP contribution >= 0.6 is 11.8 Å². The number of nitrogens with zero attached hydrogens (tertiary/aromatic N) is 2. The molecule has 1 aromatic carbocycles. The fourth-order valence-electron chi connectivity index (χ4n) is 2.52. The molecule has 1 aromatic rings. The van der Waals surface area contributed by atoms with Gasteiger partial charge < -0.3 is 15.7 Å². The molecule has 1 fully saturated rings. The number of β-amino-alcohol motifs (C(OH)–C–C–N with tert-alkyl or cyclic N) is 1. The molecule has 0 radical (unpaired) electrons. The van der Waals surface area contributed by atoms with Gasteiger partial charge in [0.15, 0.2) is 0 Å². The normalized spacial score (nSPS) is 18.3. The molecule has 112 valence electrons. The summed E-state index contributed by atoms with van der Waals surface area (Å²) in [6, 6.07) is 3.24. The quantitative estimate of drug-likeness (QED) is 0.654. The zero-order valence-electron chi connectivity index (χ0n) is 12.0. The van der Waals surface area contributed by atoms with Crippen LogP contribution in [0.15, 0.2) is 17.0 Å². The molecule has 1 aliphatic rings. The Hall–Kier alpha value is -0.980. The van der Waals surface area contributed by atoms with Crippen molar-refractivity contribution in [2.45, 2.75) is 17.9 Å². The first kappa shape index (κ1) is 15.4. The Morgan fingerprint density at radius 1 is 1.35 bits per heavy atom. The van der Waals surface area contributed by atoms with Crippen molar-refractivity contribution in [3.8, 4) is 0 Å². The highest BCUT2D eigenvalue weighted by molar-refractivity contribution is 7.98. The number of hydrogen-bond acceptors (Lipinski definition) is 5. The van der Waals surface area contributed by atoms with Crippen molar-refractivity contribution >= 4 is 23.1 Å². The van der Waals surface area contributed by atoms with Crippen molar-refractivity contribution in [2.75, 3.05) is 49.6 Å². The van der Waals surface area contributed by atoms with Gasteiger partial charge in [-0.2, -0.15) is 0 Å². The predicted octanol–water partition coefficient (Wildman–Crippen LogP) is 1.63. The molecule has 0 aromatic heterocycles. The van der Waals surface area contributed by atoms with Crippen LogP contribution in [-0.2, 0) is 0 Å². The average molecular weight is 299 g/mol. The van der Waals surface area contributed by atoms with Gasteiger partial charge >= 0.3 is 0 Å². The van der Waals surface area contributed by atoms with E-state index in [1.165, 1.54) is 17.8 Å². The van der Waals surface area contributed by atoms with E-state index >= 15 is 0 Å². The molecule has 1 heterocycles. The minimum Gasteiger partial charge on any atom is -0.398 e. The third-order valence-electron chi connectivity index (χ3n) is 3.53. The number of rotatable bonds is 4. The van der Waals surface area contributed by atoms with Crippen molar-refractivity contribution in [1.29, 1.82) is 0 Å². The summed E-state index contributed by atoms with van der Waals surface area (Å²) in [5, 5.41) is 9.40. The zero-order valence-corrected chi connectivity index (χ0v) is 12.8. The Kier molecular flexibility index (Phi) is 5.12. The maximum atomic E-state index is 14.1. The minimum atomic E-state index is -0.321. The molecule has 1 aliphatic heterocycles. The monoisotopic (exact) mass is 299 g/mol. The van der Waals surface area contributed by atoms with Crippen LogP contribution < -0.4 is 10.6 Å². The number of thioether (sulfide) groups is 1. The van der Waals surface area contributed by atoms with E-state index < -0.39 is 0 Å². The van der Waals surface area contributed by atoms with E-state index in [4.69, 9.17) is 5.73 Å². The first-order valence-electron chi connectivity index (χ1n) is 6.79. The zero-order chi connectivity index (χ0) is 14.7. The second-order valence-corrected chi connectivity index (χ2v) is 6.03. The highest BCUT2D eigenvalue weighted by Crippen LogP contribution is 2.31. The average Bonchev–Trinajstić information content (AvgIpc) is 2.39. The Labute approximate surface area is 123 Å². The van der Waals surface area contributed by atoms with Crippen LogP contribution in [0.1, 0.15) is 6.92 Å². The maximum Gasteiger partial charge on any atom is 0.148 e. The fourth-order valence-corrected chi connectivity index (χ4v) is 3.05. The largest absolute Gasteiger partial charge is 0.398 e. The number of halogens is 1. The number of anilines is 2. The number of aliphatic hydroxyl groups excluding tert-OH is 1. The summed E-state index contributed by atoms with van der Waals surface area (Å²) in [5.41, 5.74) is 6.91. The standard InChI is InChI=1S/C14H22FN3OS/c1-10(19)9-17-3-5-18(6-4-17)13-8-14(20-2)12(16)7-11(13)15/h7-8,10,19H,3-6,9,16H2,1-2H3/t10-/m0/s1. The third kappa shape index (κ3) is 3.56. The van der Waals surface area contributed by atoms with E-state index in [2.05, 4.69) is 4.90 Å². The number of nitrogen functional groups attached to an aromatic ring is 1. The molecule has 4 nitrogen and oxygen atoms in total. The van der Waals surface area contributed by atoms with E-state index in [1.54, 1.807) is 6.92 Å². The van der Waals surface area contributed by atoms with Crippen molar-refractivity contribution in [3.63, 3.8) is 0 Å². The van der Waals surface area contributed by atoms with Crippen molar-refractivity contribution in [1.82, 2.24) is 4.90 Å². The van der Waals surface area contributed by atoms with E-state index in [1.807, 2.05) is 17.2 Å². The molecule has 0 spiro atoms. The van der Waals surface area contributed by atoms with Gasteiger partial charge in [-0.3, -0.25) is 4.90 Å². The highest BCUT2D eigenvalue weighted by atomic mass is 32.2. The molecule has 0 amide bonds. The first-order valence-corrected chi connectivity index (χ1v) is 8.02. The SMILES string of the molecule is CSc1cc(N2CCN(C[C@H](C)O)CC2)c(F)cc1N. The van der Waals surface area contributed by atoms with Crippen LogP contribution in [0.2, 0.25) is 0 Å². The molecular weight excluding hydrogens is 277 g/mol. The molecule has 1 saturated heterocycles.